The van der Waals surface area contributed by atoms with Crippen molar-refractivity contribution in [2.45, 2.75) is 0 Å². The molecule has 1 amide bonds. The van der Waals surface area contributed by atoms with Gasteiger partial charge in [-0.2, -0.15) is 5.10 Å². The summed E-state index contributed by atoms with van der Waals surface area (Å²) < 4.78 is 5.18. The fraction of sp³-hybridized carbons (Fsp3) is 0.0667. The molecule has 4 nitrogen and oxygen atoms in total. The number of hydrogen-bond donors (Lipinski definition) is 1. The average Bonchev–Trinajstić information content (AvgIpc) is 2.47. The Hall–Kier alpha value is -2.04. The predicted molar refractivity (Wildman–Crippen MR) is 84.5 cm³/mol. The molecule has 1 N–H and O–H groups in total. The van der Waals surface area contributed by atoms with E-state index in [1.165, 1.54) is 13.3 Å². The van der Waals surface area contributed by atoms with Gasteiger partial charge in [-0.1, -0.05) is 41.4 Å². The first-order valence-electron chi connectivity index (χ1n) is 6.03. The Morgan fingerprint density at radius 3 is 2.62 bits per heavy atom. The summed E-state index contributed by atoms with van der Waals surface area (Å²) in [6.07, 6.45) is 1.43. The molecule has 0 saturated heterocycles. The minimum absolute atomic E-state index is 0.307. The lowest BCUT2D eigenvalue weighted by molar-refractivity contribution is 0.0955. The van der Waals surface area contributed by atoms with Crippen LogP contribution in [0.2, 0.25) is 10.0 Å². The van der Waals surface area contributed by atoms with Crippen molar-refractivity contribution in [3.05, 3.63) is 63.6 Å². The van der Waals surface area contributed by atoms with Crippen molar-refractivity contribution in [3.8, 4) is 5.75 Å². The highest BCUT2D eigenvalue weighted by molar-refractivity contribution is 6.36. The molecule has 0 heterocycles. The molecule has 0 saturated carbocycles. The van der Waals surface area contributed by atoms with Crippen molar-refractivity contribution in [3.63, 3.8) is 0 Å². The Morgan fingerprint density at radius 2 is 1.95 bits per heavy atom. The minimum Gasteiger partial charge on any atom is -0.495 e. The van der Waals surface area contributed by atoms with Gasteiger partial charge in [0.1, 0.15) is 5.75 Å². The second-order valence-corrected chi connectivity index (χ2v) is 4.92. The molecule has 0 fully saturated rings. The molecule has 0 bridgehead atoms. The van der Waals surface area contributed by atoms with Gasteiger partial charge in [-0.05, 0) is 24.3 Å². The van der Waals surface area contributed by atoms with Crippen molar-refractivity contribution < 1.29 is 9.53 Å². The topological polar surface area (TPSA) is 50.7 Å². The highest BCUT2D eigenvalue weighted by atomic mass is 35.5. The first-order valence-corrected chi connectivity index (χ1v) is 6.79. The Kier molecular flexibility index (Phi) is 5.20. The van der Waals surface area contributed by atoms with Crippen LogP contribution in [0.15, 0.2) is 47.6 Å². The van der Waals surface area contributed by atoms with E-state index in [2.05, 4.69) is 10.5 Å². The molecule has 2 rings (SSSR count). The molecule has 0 aliphatic rings. The summed E-state index contributed by atoms with van der Waals surface area (Å²) in [5.74, 6) is 0.137. The van der Waals surface area contributed by atoms with E-state index in [4.69, 9.17) is 27.9 Å². The third-order valence-corrected chi connectivity index (χ3v) is 3.15. The summed E-state index contributed by atoms with van der Waals surface area (Å²) in [7, 11) is 1.50. The SMILES string of the molecule is COc1c(Cl)cc(Cl)cc1/C=N\NC(=O)c1ccccc1. The number of rotatable bonds is 4. The number of ether oxygens (including phenoxy) is 1. The Labute approximate surface area is 132 Å². The van der Waals surface area contributed by atoms with Crippen LogP contribution in [0.1, 0.15) is 15.9 Å². The summed E-state index contributed by atoms with van der Waals surface area (Å²) in [6, 6.07) is 12.0. The van der Waals surface area contributed by atoms with E-state index in [-0.39, 0.29) is 5.91 Å². The Bertz CT molecular complexity index is 673. The molecule has 21 heavy (non-hydrogen) atoms. The molecule has 2 aromatic rings. The third-order valence-electron chi connectivity index (χ3n) is 2.65. The van der Waals surface area contributed by atoms with E-state index in [9.17, 15) is 4.79 Å². The van der Waals surface area contributed by atoms with Crippen LogP contribution in [-0.4, -0.2) is 19.2 Å². The third kappa shape index (κ3) is 3.97. The van der Waals surface area contributed by atoms with Crippen LogP contribution >= 0.6 is 23.2 Å². The van der Waals surface area contributed by atoms with Crippen molar-refractivity contribution in [2.24, 2.45) is 5.10 Å². The summed E-state index contributed by atoms with van der Waals surface area (Å²) in [4.78, 5) is 11.8. The molecule has 0 aliphatic carbocycles. The van der Waals surface area contributed by atoms with Crippen LogP contribution in [0, 0.1) is 0 Å². The number of benzene rings is 2. The van der Waals surface area contributed by atoms with E-state index in [0.29, 0.717) is 26.9 Å². The molecule has 6 heteroatoms. The Balaban J connectivity index is 2.13. The number of nitrogens with one attached hydrogen (secondary N) is 1. The highest BCUT2D eigenvalue weighted by Crippen LogP contribution is 2.30. The fourth-order valence-corrected chi connectivity index (χ4v) is 2.29. The molecular weight excluding hydrogens is 311 g/mol. The number of nitrogens with zero attached hydrogens (tertiary/aromatic N) is 1. The van der Waals surface area contributed by atoms with E-state index in [1.54, 1.807) is 36.4 Å². The van der Waals surface area contributed by atoms with E-state index < -0.39 is 0 Å². The number of carbonyl (C=O) groups excluding carboxylic acids is 1. The molecule has 108 valence electrons. The zero-order valence-electron chi connectivity index (χ0n) is 11.1. The first-order chi connectivity index (χ1) is 10.1. The van der Waals surface area contributed by atoms with Crippen molar-refractivity contribution in [1.82, 2.24) is 5.43 Å². The van der Waals surface area contributed by atoms with E-state index in [1.807, 2.05) is 6.07 Å². The lowest BCUT2D eigenvalue weighted by Crippen LogP contribution is -2.17. The van der Waals surface area contributed by atoms with Crippen LogP contribution < -0.4 is 10.2 Å². The summed E-state index contributed by atoms with van der Waals surface area (Å²) in [5.41, 5.74) is 3.52. The number of carbonyl (C=O) groups is 1. The summed E-state index contributed by atoms with van der Waals surface area (Å²) in [5, 5.41) is 4.72. The number of hydrazone groups is 1. The van der Waals surface area contributed by atoms with Gasteiger partial charge >= 0.3 is 0 Å². The van der Waals surface area contributed by atoms with Crippen LogP contribution in [0.4, 0.5) is 0 Å². The van der Waals surface area contributed by atoms with Crippen molar-refractivity contribution in [1.29, 1.82) is 0 Å². The zero-order valence-corrected chi connectivity index (χ0v) is 12.7. The van der Waals surface area contributed by atoms with Gasteiger partial charge in [-0.15, -0.1) is 0 Å². The van der Waals surface area contributed by atoms with Gasteiger partial charge in [-0.3, -0.25) is 4.79 Å². The molecule has 0 radical (unpaired) electrons. The van der Waals surface area contributed by atoms with Gasteiger partial charge in [0, 0.05) is 16.1 Å². The van der Waals surface area contributed by atoms with Crippen LogP contribution in [-0.2, 0) is 0 Å². The molecule has 0 aliphatic heterocycles. The standard InChI is InChI=1S/C15H12Cl2N2O2/c1-21-14-11(7-12(16)8-13(14)17)9-18-19-15(20)10-5-3-2-4-6-10/h2-9H,1H3,(H,19,20)/b18-9-. The van der Waals surface area contributed by atoms with Gasteiger partial charge in [0.05, 0.1) is 18.3 Å². The minimum atomic E-state index is -0.307. The highest BCUT2D eigenvalue weighted by Gasteiger charge is 2.08. The Morgan fingerprint density at radius 1 is 1.24 bits per heavy atom. The molecule has 0 aromatic heterocycles. The second-order valence-electron chi connectivity index (χ2n) is 4.08. The number of hydrogen-bond acceptors (Lipinski definition) is 3. The molecule has 0 atom stereocenters. The van der Waals surface area contributed by atoms with Gasteiger partial charge in [-0.25, -0.2) is 5.43 Å². The number of amides is 1. The fourth-order valence-electron chi connectivity index (χ4n) is 1.71. The molecule has 0 spiro atoms. The van der Waals surface area contributed by atoms with E-state index >= 15 is 0 Å². The maximum Gasteiger partial charge on any atom is 0.271 e. The lowest BCUT2D eigenvalue weighted by atomic mass is 10.2. The zero-order chi connectivity index (χ0) is 15.2. The smallest absolute Gasteiger partial charge is 0.271 e. The second kappa shape index (κ2) is 7.11. The van der Waals surface area contributed by atoms with Gasteiger partial charge in [0.15, 0.2) is 0 Å². The number of halogens is 2. The van der Waals surface area contributed by atoms with Gasteiger partial charge in [0.25, 0.3) is 5.91 Å². The van der Waals surface area contributed by atoms with Crippen LogP contribution in [0.5, 0.6) is 5.75 Å². The molecular formula is C15H12Cl2N2O2. The maximum absolute atomic E-state index is 11.8. The van der Waals surface area contributed by atoms with Crippen molar-refractivity contribution in [2.75, 3.05) is 7.11 Å². The monoisotopic (exact) mass is 322 g/mol. The number of methoxy groups -OCH3 is 1. The molecule has 2 aromatic carbocycles. The predicted octanol–water partition coefficient (Wildman–Crippen LogP) is 3.77. The summed E-state index contributed by atoms with van der Waals surface area (Å²) >= 11 is 11.9. The van der Waals surface area contributed by atoms with Crippen LogP contribution in [0.25, 0.3) is 0 Å². The quantitative estimate of drug-likeness (QED) is 0.688. The lowest BCUT2D eigenvalue weighted by Gasteiger charge is -2.07. The first kappa shape index (κ1) is 15.4. The van der Waals surface area contributed by atoms with Crippen LogP contribution in [0.3, 0.4) is 0 Å². The maximum atomic E-state index is 11.8. The average molecular weight is 323 g/mol. The van der Waals surface area contributed by atoms with Gasteiger partial charge in [0.2, 0.25) is 0 Å². The van der Waals surface area contributed by atoms with Crippen molar-refractivity contribution >= 4 is 35.3 Å². The largest absolute Gasteiger partial charge is 0.495 e. The summed E-state index contributed by atoms with van der Waals surface area (Å²) in [6.45, 7) is 0. The van der Waals surface area contributed by atoms with Gasteiger partial charge < -0.3 is 4.74 Å². The normalized spacial score (nSPS) is 10.6. The molecule has 0 unspecified atom stereocenters. The van der Waals surface area contributed by atoms with E-state index in [0.717, 1.165) is 0 Å².